The summed E-state index contributed by atoms with van der Waals surface area (Å²) in [6.45, 7) is 0. The van der Waals surface area contributed by atoms with Crippen molar-refractivity contribution in [3.05, 3.63) is 52.3 Å². The van der Waals surface area contributed by atoms with Gasteiger partial charge in [0.25, 0.3) is 0 Å². The number of rotatable bonds is 2. The Morgan fingerprint density at radius 2 is 2.00 bits per heavy atom. The number of hydrogen-bond acceptors (Lipinski definition) is 3. The highest BCUT2D eigenvalue weighted by Gasteiger charge is 2.02. The fourth-order valence-electron chi connectivity index (χ4n) is 1.28. The minimum Gasteiger partial charge on any atom is -0.353 e. The van der Waals surface area contributed by atoms with E-state index in [1.54, 1.807) is 36.5 Å². The van der Waals surface area contributed by atoms with Gasteiger partial charge in [-0.1, -0.05) is 23.2 Å². The summed E-state index contributed by atoms with van der Waals surface area (Å²) >= 11 is 11.8. The van der Waals surface area contributed by atoms with Gasteiger partial charge < -0.3 is 5.32 Å². The van der Waals surface area contributed by atoms with Crippen LogP contribution < -0.4 is 5.32 Å². The Kier molecular flexibility index (Phi) is 3.48. The zero-order chi connectivity index (χ0) is 12.3. The van der Waals surface area contributed by atoms with Crippen LogP contribution >= 0.6 is 23.2 Å². The zero-order valence-electron chi connectivity index (χ0n) is 8.61. The molecule has 0 unspecified atom stereocenters. The minimum absolute atomic E-state index is 0.373. The van der Waals surface area contributed by atoms with Crippen LogP contribution in [-0.4, -0.2) is 4.98 Å². The standard InChI is InChI=1S/C12H7Cl2N3/c13-8-1-4-12(11(14)5-8)17-10-3-2-9(6-15)16-7-10/h1-5,7,17H. The van der Waals surface area contributed by atoms with Crippen LogP contribution in [0.5, 0.6) is 0 Å². The first kappa shape index (κ1) is 11.7. The molecule has 17 heavy (non-hydrogen) atoms. The average molecular weight is 264 g/mol. The highest BCUT2D eigenvalue weighted by atomic mass is 35.5. The fraction of sp³-hybridized carbons (Fsp3) is 0. The van der Waals surface area contributed by atoms with E-state index in [0.717, 1.165) is 11.4 Å². The van der Waals surface area contributed by atoms with Gasteiger partial charge in [-0.3, -0.25) is 0 Å². The highest BCUT2D eigenvalue weighted by Crippen LogP contribution is 2.27. The lowest BCUT2D eigenvalue weighted by atomic mass is 10.3. The molecule has 3 nitrogen and oxygen atoms in total. The lowest BCUT2D eigenvalue weighted by Crippen LogP contribution is -1.92. The lowest BCUT2D eigenvalue weighted by molar-refractivity contribution is 1.26. The summed E-state index contributed by atoms with van der Waals surface area (Å²) in [4.78, 5) is 3.95. The highest BCUT2D eigenvalue weighted by molar-refractivity contribution is 6.36. The second-order valence-electron chi connectivity index (χ2n) is 3.29. The van der Waals surface area contributed by atoms with Gasteiger partial charge in [0.1, 0.15) is 11.8 Å². The Balaban J connectivity index is 2.23. The molecule has 84 valence electrons. The van der Waals surface area contributed by atoms with Crippen LogP contribution in [0.15, 0.2) is 36.5 Å². The zero-order valence-corrected chi connectivity index (χ0v) is 10.1. The van der Waals surface area contributed by atoms with E-state index >= 15 is 0 Å². The molecule has 0 fully saturated rings. The Labute approximate surface area is 109 Å². The maximum atomic E-state index is 8.62. The van der Waals surface area contributed by atoms with Crippen molar-refractivity contribution in [1.29, 1.82) is 5.26 Å². The van der Waals surface area contributed by atoms with Gasteiger partial charge in [0.2, 0.25) is 0 Å². The van der Waals surface area contributed by atoms with Crippen molar-refractivity contribution in [3.8, 4) is 6.07 Å². The minimum atomic E-state index is 0.373. The molecule has 0 aliphatic heterocycles. The molecular formula is C12H7Cl2N3. The van der Waals surface area contributed by atoms with Gasteiger partial charge in [-0.2, -0.15) is 5.26 Å². The van der Waals surface area contributed by atoms with Crippen LogP contribution in [0.25, 0.3) is 0 Å². The van der Waals surface area contributed by atoms with Gasteiger partial charge in [-0.05, 0) is 30.3 Å². The van der Waals surface area contributed by atoms with Crippen molar-refractivity contribution < 1.29 is 0 Å². The molecule has 1 aromatic carbocycles. The predicted octanol–water partition coefficient (Wildman–Crippen LogP) is 4.00. The first-order chi connectivity index (χ1) is 8.19. The van der Waals surface area contributed by atoms with Crippen LogP contribution in [0.3, 0.4) is 0 Å². The van der Waals surface area contributed by atoms with E-state index < -0.39 is 0 Å². The van der Waals surface area contributed by atoms with E-state index in [0.29, 0.717) is 15.7 Å². The number of benzene rings is 1. The molecule has 2 aromatic rings. The summed E-state index contributed by atoms with van der Waals surface area (Å²) < 4.78 is 0. The molecule has 1 N–H and O–H groups in total. The van der Waals surface area contributed by atoms with E-state index in [1.165, 1.54) is 0 Å². The van der Waals surface area contributed by atoms with Crippen molar-refractivity contribution in [3.63, 3.8) is 0 Å². The van der Waals surface area contributed by atoms with Crippen LogP contribution in [-0.2, 0) is 0 Å². The maximum Gasteiger partial charge on any atom is 0.140 e. The quantitative estimate of drug-likeness (QED) is 0.891. The summed E-state index contributed by atoms with van der Waals surface area (Å²) in [5.41, 5.74) is 1.87. The molecule has 0 bridgehead atoms. The van der Waals surface area contributed by atoms with Crippen molar-refractivity contribution in [2.75, 3.05) is 5.32 Å². The number of anilines is 2. The molecule has 0 radical (unpaired) electrons. The van der Waals surface area contributed by atoms with E-state index in [1.807, 2.05) is 6.07 Å². The summed E-state index contributed by atoms with van der Waals surface area (Å²) in [7, 11) is 0. The normalized spacial score (nSPS) is 9.71. The Hall–Kier alpha value is -1.76. The van der Waals surface area contributed by atoms with Crippen LogP contribution in [0.2, 0.25) is 10.0 Å². The van der Waals surface area contributed by atoms with E-state index in [2.05, 4.69) is 10.3 Å². The van der Waals surface area contributed by atoms with Crippen LogP contribution in [0.4, 0.5) is 11.4 Å². The average Bonchev–Trinajstić information content (AvgIpc) is 2.34. The van der Waals surface area contributed by atoms with Crippen LogP contribution in [0, 0.1) is 11.3 Å². The number of nitrogens with one attached hydrogen (secondary N) is 1. The molecular weight excluding hydrogens is 257 g/mol. The molecule has 0 saturated carbocycles. The van der Waals surface area contributed by atoms with Crippen molar-refractivity contribution in [2.45, 2.75) is 0 Å². The van der Waals surface area contributed by atoms with Crippen molar-refractivity contribution in [1.82, 2.24) is 4.98 Å². The molecule has 0 aliphatic rings. The molecule has 0 aliphatic carbocycles. The Morgan fingerprint density at radius 3 is 2.59 bits per heavy atom. The number of aromatic nitrogens is 1. The Morgan fingerprint density at radius 1 is 1.18 bits per heavy atom. The van der Waals surface area contributed by atoms with Gasteiger partial charge in [-0.25, -0.2) is 4.98 Å². The van der Waals surface area contributed by atoms with Gasteiger partial charge >= 0.3 is 0 Å². The second kappa shape index (κ2) is 5.05. The predicted molar refractivity (Wildman–Crippen MR) is 68.7 cm³/mol. The number of nitriles is 1. The van der Waals surface area contributed by atoms with Crippen molar-refractivity contribution in [2.24, 2.45) is 0 Å². The Bertz CT molecular complexity index is 573. The smallest absolute Gasteiger partial charge is 0.140 e. The molecule has 0 spiro atoms. The number of hydrogen-bond donors (Lipinski definition) is 1. The first-order valence-electron chi connectivity index (χ1n) is 4.77. The van der Waals surface area contributed by atoms with E-state index in [4.69, 9.17) is 28.5 Å². The third-order valence-corrected chi connectivity index (χ3v) is 2.64. The van der Waals surface area contributed by atoms with Gasteiger partial charge in [0.15, 0.2) is 0 Å². The van der Waals surface area contributed by atoms with Crippen LogP contribution in [0.1, 0.15) is 5.69 Å². The molecule has 0 atom stereocenters. The SMILES string of the molecule is N#Cc1ccc(Nc2ccc(Cl)cc2Cl)cn1. The topological polar surface area (TPSA) is 48.7 Å². The first-order valence-corrected chi connectivity index (χ1v) is 5.53. The van der Waals surface area contributed by atoms with Gasteiger partial charge in [-0.15, -0.1) is 0 Å². The number of pyridine rings is 1. The maximum absolute atomic E-state index is 8.62. The third kappa shape index (κ3) is 2.88. The molecule has 0 amide bonds. The molecule has 1 heterocycles. The van der Waals surface area contributed by atoms with Gasteiger partial charge in [0.05, 0.1) is 22.6 Å². The molecule has 1 aromatic heterocycles. The summed E-state index contributed by atoms with van der Waals surface area (Å²) in [6, 6.07) is 10.5. The molecule has 5 heteroatoms. The lowest BCUT2D eigenvalue weighted by Gasteiger charge is -2.08. The van der Waals surface area contributed by atoms with Crippen molar-refractivity contribution >= 4 is 34.6 Å². The molecule has 2 rings (SSSR count). The summed E-state index contributed by atoms with van der Waals surface area (Å²) in [5, 5.41) is 12.8. The third-order valence-electron chi connectivity index (χ3n) is 2.09. The second-order valence-corrected chi connectivity index (χ2v) is 4.14. The summed E-state index contributed by atoms with van der Waals surface area (Å²) in [6.07, 6.45) is 1.57. The summed E-state index contributed by atoms with van der Waals surface area (Å²) in [5.74, 6) is 0. The largest absolute Gasteiger partial charge is 0.353 e. The van der Waals surface area contributed by atoms with E-state index in [9.17, 15) is 0 Å². The van der Waals surface area contributed by atoms with Gasteiger partial charge in [0, 0.05) is 5.02 Å². The number of halogens is 2. The fourth-order valence-corrected chi connectivity index (χ4v) is 1.74. The molecule has 0 saturated heterocycles. The van der Waals surface area contributed by atoms with E-state index in [-0.39, 0.29) is 0 Å². The monoisotopic (exact) mass is 263 g/mol. The number of nitrogens with zero attached hydrogens (tertiary/aromatic N) is 2.